The molecule has 0 aromatic heterocycles. The van der Waals surface area contributed by atoms with E-state index in [2.05, 4.69) is 34.9 Å². The number of hydrogen-bond acceptors (Lipinski definition) is 5. The van der Waals surface area contributed by atoms with E-state index in [0.717, 1.165) is 47.1 Å². The predicted octanol–water partition coefficient (Wildman–Crippen LogP) is 5.26. The van der Waals surface area contributed by atoms with Crippen LogP contribution in [0.25, 0.3) is 11.1 Å². The van der Waals surface area contributed by atoms with Gasteiger partial charge in [-0.2, -0.15) is 0 Å². The van der Waals surface area contributed by atoms with E-state index in [0.29, 0.717) is 0 Å². The summed E-state index contributed by atoms with van der Waals surface area (Å²) in [4.78, 5) is 37.9. The number of carboxylic acids is 1. The first-order chi connectivity index (χ1) is 19.9. The topological polar surface area (TPSA) is 114 Å². The van der Waals surface area contributed by atoms with Crippen molar-refractivity contribution < 1.29 is 29.0 Å². The zero-order valence-corrected chi connectivity index (χ0v) is 23.1. The lowest BCUT2D eigenvalue weighted by Gasteiger charge is -2.34. The Balaban J connectivity index is 1.17. The highest BCUT2D eigenvalue weighted by Gasteiger charge is 2.34. The molecule has 8 nitrogen and oxygen atoms in total. The van der Waals surface area contributed by atoms with E-state index < -0.39 is 36.2 Å². The summed E-state index contributed by atoms with van der Waals surface area (Å²) in [5, 5.41) is 15.3. The number of carboxylic acid groups (broad SMARTS) is 1. The molecule has 3 aromatic carbocycles. The first-order valence-corrected chi connectivity index (χ1v) is 14.2. The minimum atomic E-state index is -1.22. The predicted molar refractivity (Wildman–Crippen MR) is 154 cm³/mol. The van der Waals surface area contributed by atoms with Gasteiger partial charge in [0.1, 0.15) is 6.61 Å². The molecule has 8 heteroatoms. The van der Waals surface area contributed by atoms with Crippen LogP contribution in [0.5, 0.6) is 0 Å². The van der Waals surface area contributed by atoms with Crippen LogP contribution < -0.4 is 10.6 Å². The Hall–Kier alpha value is -4.17. The molecule has 3 unspecified atom stereocenters. The second kappa shape index (κ2) is 13.0. The Labute approximate surface area is 240 Å². The molecule has 0 spiro atoms. The smallest absolute Gasteiger partial charge is 0.407 e. The van der Waals surface area contributed by atoms with Crippen molar-refractivity contribution in [2.45, 2.75) is 63.3 Å². The average Bonchev–Trinajstić information content (AvgIpc) is 3.26. The summed E-state index contributed by atoms with van der Waals surface area (Å²) in [6.07, 6.45) is 1.43. The van der Waals surface area contributed by atoms with Crippen LogP contribution in [0.1, 0.15) is 55.2 Å². The molecule has 0 radical (unpaired) electrons. The third-order valence-corrected chi connectivity index (χ3v) is 8.18. The van der Waals surface area contributed by atoms with Gasteiger partial charge in [-0.05, 0) is 53.5 Å². The van der Waals surface area contributed by atoms with Crippen LogP contribution in [0.2, 0.25) is 0 Å². The fraction of sp³-hybridized carbons (Fsp3) is 0.364. The molecule has 1 saturated carbocycles. The van der Waals surface area contributed by atoms with Gasteiger partial charge in [-0.1, -0.05) is 85.3 Å². The number of hydrogen-bond donors (Lipinski definition) is 3. The lowest BCUT2D eigenvalue weighted by molar-refractivity contribution is -0.146. The number of aliphatic carboxylic acids is 1. The van der Waals surface area contributed by atoms with Crippen molar-refractivity contribution in [1.29, 1.82) is 0 Å². The highest BCUT2D eigenvalue weighted by Crippen LogP contribution is 2.44. The molecule has 0 aliphatic heterocycles. The number of ether oxygens (including phenoxy) is 2. The molecule has 2 aliphatic carbocycles. The number of carbonyl (C=O) groups is 3. The van der Waals surface area contributed by atoms with E-state index in [1.165, 1.54) is 0 Å². The first kappa shape index (κ1) is 28.4. The third-order valence-electron chi connectivity index (χ3n) is 8.18. The van der Waals surface area contributed by atoms with Gasteiger partial charge in [-0.15, -0.1) is 0 Å². The van der Waals surface area contributed by atoms with Gasteiger partial charge in [-0.25, -0.2) is 9.59 Å². The fourth-order valence-corrected chi connectivity index (χ4v) is 5.68. The van der Waals surface area contributed by atoms with E-state index in [1.807, 2.05) is 54.6 Å². The van der Waals surface area contributed by atoms with Gasteiger partial charge in [-0.3, -0.25) is 4.79 Å². The maximum absolute atomic E-state index is 13.0. The van der Waals surface area contributed by atoms with Gasteiger partial charge >= 0.3 is 12.1 Å². The summed E-state index contributed by atoms with van der Waals surface area (Å²) in [5.41, 5.74) is 5.46. The van der Waals surface area contributed by atoms with E-state index in [1.54, 1.807) is 6.92 Å². The normalized spacial score (nSPS) is 16.4. The summed E-state index contributed by atoms with van der Waals surface area (Å²) < 4.78 is 11.5. The Morgan fingerprint density at radius 2 is 1.49 bits per heavy atom. The van der Waals surface area contributed by atoms with Gasteiger partial charge in [0.2, 0.25) is 5.91 Å². The van der Waals surface area contributed by atoms with Crippen LogP contribution in [0.15, 0.2) is 78.9 Å². The number of nitrogens with one attached hydrogen (secondary N) is 2. The fourth-order valence-electron chi connectivity index (χ4n) is 5.68. The first-order valence-electron chi connectivity index (χ1n) is 14.2. The Morgan fingerprint density at radius 3 is 2.07 bits per heavy atom. The molecule has 3 atom stereocenters. The number of fused-ring (bicyclic) bond motifs is 3. The number of benzene rings is 3. The van der Waals surface area contributed by atoms with E-state index in [-0.39, 0.29) is 31.5 Å². The molecular weight excluding hydrogens is 520 g/mol. The van der Waals surface area contributed by atoms with Crippen molar-refractivity contribution in [3.63, 3.8) is 0 Å². The summed E-state index contributed by atoms with van der Waals surface area (Å²) in [6, 6.07) is 24.0. The molecule has 2 amide bonds. The van der Waals surface area contributed by atoms with Gasteiger partial charge in [0.05, 0.1) is 12.7 Å². The quantitative estimate of drug-likeness (QED) is 0.281. The number of amides is 2. The average molecular weight is 557 g/mol. The van der Waals surface area contributed by atoms with Crippen molar-refractivity contribution >= 4 is 18.0 Å². The Bertz CT molecular complexity index is 1330. The Kier molecular flexibility index (Phi) is 8.99. The van der Waals surface area contributed by atoms with Crippen molar-refractivity contribution in [3.8, 4) is 11.1 Å². The molecule has 1 fully saturated rings. The Morgan fingerprint density at radius 1 is 0.878 bits per heavy atom. The van der Waals surface area contributed by atoms with Gasteiger partial charge in [0.15, 0.2) is 6.04 Å². The number of rotatable bonds is 12. The summed E-state index contributed by atoms with van der Waals surface area (Å²) >= 11 is 0. The minimum Gasteiger partial charge on any atom is -0.480 e. The van der Waals surface area contributed by atoms with E-state index in [4.69, 9.17) is 9.47 Å². The molecule has 3 N–H and O–H groups in total. The minimum absolute atomic E-state index is 0.0377. The summed E-state index contributed by atoms with van der Waals surface area (Å²) in [5.74, 6) is -1.56. The van der Waals surface area contributed by atoms with Crippen LogP contribution in [0.4, 0.5) is 4.79 Å². The van der Waals surface area contributed by atoms with E-state index >= 15 is 0 Å². The van der Waals surface area contributed by atoms with Crippen LogP contribution in [-0.2, 0) is 25.7 Å². The van der Waals surface area contributed by atoms with Crippen LogP contribution in [0.3, 0.4) is 0 Å². The maximum atomic E-state index is 13.0. The lowest BCUT2D eigenvalue weighted by Crippen LogP contribution is -2.51. The number of alkyl carbamates (subject to hydrolysis) is 1. The second-order valence-corrected chi connectivity index (χ2v) is 10.9. The molecule has 2 aliphatic rings. The lowest BCUT2D eigenvalue weighted by atomic mass is 9.78. The van der Waals surface area contributed by atoms with Gasteiger partial charge in [0.25, 0.3) is 0 Å². The van der Waals surface area contributed by atoms with Crippen LogP contribution >= 0.6 is 0 Å². The maximum Gasteiger partial charge on any atom is 0.407 e. The number of carbonyl (C=O) groups excluding carboxylic acids is 2. The zero-order chi connectivity index (χ0) is 28.8. The molecule has 41 heavy (non-hydrogen) atoms. The summed E-state index contributed by atoms with van der Waals surface area (Å²) in [7, 11) is 0. The second-order valence-electron chi connectivity index (χ2n) is 10.9. The van der Waals surface area contributed by atoms with Crippen LogP contribution in [0, 0.1) is 5.92 Å². The molecule has 5 rings (SSSR count). The van der Waals surface area contributed by atoms with Gasteiger partial charge < -0.3 is 25.2 Å². The highest BCUT2D eigenvalue weighted by atomic mass is 16.5. The molecule has 3 aromatic rings. The van der Waals surface area contributed by atoms with E-state index in [9.17, 15) is 19.5 Å². The van der Waals surface area contributed by atoms with Crippen LogP contribution in [-0.4, -0.2) is 47.9 Å². The van der Waals surface area contributed by atoms with Crippen molar-refractivity contribution in [2.75, 3.05) is 6.61 Å². The molecular formula is C33H36N2O6. The van der Waals surface area contributed by atoms with Crippen molar-refractivity contribution in [1.82, 2.24) is 10.6 Å². The zero-order valence-electron chi connectivity index (χ0n) is 23.1. The van der Waals surface area contributed by atoms with Crippen molar-refractivity contribution in [2.24, 2.45) is 5.92 Å². The largest absolute Gasteiger partial charge is 0.480 e. The van der Waals surface area contributed by atoms with Crippen molar-refractivity contribution in [3.05, 3.63) is 95.6 Å². The molecule has 214 valence electrons. The SMILES string of the molecule is CC(OCc1ccccc1)C(NC(=O)CC(NC(=O)OCC1c2ccccc2-c2ccccc21)C1CCC1)C(=O)O. The highest BCUT2D eigenvalue weighted by molar-refractivity contribution is 5.84. The standard InChI is InChI=1S/C33H36N2O6/c1-21(40-19-22-10-3-2-4-11-22)31(32(37)38)35-30(36)18-29(23-12-9-13-23)34-33(39)41-20-28-26-16-7-5-14-24(26)25-15-6-8-17-27(25)28/h2-8,10-11,14-17,21,23,28-29,31H,9,12-13,18-20H2,1H3,(H,34,39)(H,35,36)(H,37,38). The molecule has 0 bridgehead atoms. The van der Waals surface area contributed by atoms with Gasteiger partial charge in [0, 0.05) is 18.4 Å². The monoisotopic (exact) mass is 556 g/mol. The molecule has 0 heterocycles. The molecule has 0 saturated heterocycles. The summed E-state index contributed by atoms with van der Waals surface area (Å²) in [6.45, 7) is 2.04. The third kappa shape index (κ3) is 6.77.